The topological polar surface area (TPSA) is 42.2 Å². The summed E-state index contributed by atoms with van der Waals surface area (Å²) in [6.07, 6.45) is 3.62. The summed E-state index contributed by atoms with van der Waals surface area (Å²) >= 11 is 12.7. The molecule has 158 valence electrons. The maximum atomic E-state index is 6.48. The van der Waals surface area contributed by atoms with Crippen LogP contribution in [0.4, 0.5) is 0 Å². The predicted molar refractivity (Wildman–Crippen MR) is 154 cm³/mol. The van der Waals surface area contributed by atoms with Crippen LogP contribution in [0.1, 0.15) is 16.7 Å². The van der Waals surface area contributed by atoms with Gasteiger partial charge in [0.05, 0.1) is 10.0 Å². The third-order valence-corrected chi connectivity index (χ3v) is 8.32. The number of rotatable bonds is 2. The highest BCUT2D eigenvalue weighted by atomic mass is 35.5. The van der Waals surface area contributed by atoms with Crippen LogP contribution < -0.4 is 10.8 Å². The third-order valence-electron chi connectivity index (χ3n) is 7.59. The fourth-order valence-corrected chi connectivity index (χ4v) is 6.15. The first-order chi connectivity index (χ1) is 15.5. The standard InChI is InChI=1S/C21H22B6Cl2N4/c22-18-12(10-1-6-16-30-9-31-33(16)8-10)3-4-13-17(18)20(24,25)32-21(26,27)19(13,23)11-2-5-14(28)15(29)7-11/h1-9,32H,22-27H2. The van der Waals surface area contributed by atoms with E-state index in [-0.39, 0.29) is 16.0 Å². The summed E-state index contributed by atoms with van der Waals surface area (Å²) in [5.41, 5.74) is 8.16. The van der Waals surface area contributed by atoms with Crippen molar-refractivity contribution < 1.29 is 0 Å². The van der Waals surface area contributed by atoms with E-state index in [0.717, 1.165) is 16.8 Å². The Kier molecular flexibility index (Phi) is 5.17. The van der Waals surface area contributed by atoms with Crippen molar-refractivity contribution in [3.05, 3.63) is 81.7 Å². The minimum Gasteiger partial charge on any atom is -0.332 e. The van der Waals surface area contributed by atoms with E-state index in [1.807, 2.05) is 28.9 Å². The van der Waals surface area contributed by atoms with Crippen LogP contribution >= 0.6 is 23.2 Å². The molecule has 1 atom stereocenters. The number of aromatic nitrogens is 3. The van der Waals surface area contributed by atoms with E-state index in [9.17, 15) is 0 Å². The molecule has 1 N–H and O–H groups in total. The van der Waals surface area contributed by atoms with E-state index >= 15 is 0 Å². The zero-order chi connectivity index (χ0) is 23.8. The first-order valence-corrected chi connectivity index (χ1v) is 11.9. The predicted octanol–water partition coefficient (Wildman–Crippen LogP) is -2.26. The van der Waals surface area contributed by atoms with Crippen LogP contribution in [0, 0.1) is 0 Å². The molecule has 0 spiro atoms. The summed E-state index contributed by atoms with van der Waals surface area (Å²) in [7, 11) is 13.6. The monoisotopic (exact) mass is 466 g/mol. The Hall–Kier alpha value is -2.01. The molecule has 1 aliphatic heterocycles. The Balaban J connectivity index is 1.78. The van der Waals surface area contributed by atoms with Gasteiger partial charge in [0.1, 0.15) is 53.4 Å². The lowest BCUT2D eigenvalue weighted by Crippen LogP contribution is -2.73. The van der Waals surface area contributed by atoms with Gasteiger partial charge in [-0.3, -0.25) is 0 Å². The van der Waals surface area contributed by atoms with Crippen LogP contribution in [0.3, 0.4) is 0 Å². The fourth-order valence-electron chi connectivity index (χ4n) is 5.85. The molecule has 0 radical (unpaired) electrons. The number of hydrogen-bond donors (Lipinski definition) is 1. The van der Waals surface area contributed by atoms with Gasteiger partial charge in [-0.1, -0.05) is 46.9 Å². The first kappa shape index (κ1) is 22.8. The molecule has 12 heteroatoms. The van der Waals surface area contributed by atoms with Crippen molar-refractivity contribution in [3.63, 3.8) is 0 Å². The zero-order valence-electron chi connectivity index (χ0n) is 19.8. The van der Waals surface area contributed by atoms with Gasteiger partial charge < -0.3 is 5.32 Å². The normalized spacial score (nSPS) is 21.0. The Labute approximate surface area is 209 Å². The molecule has 0 amide bonds. The third kappa shape index (κ3) is 3.33. The number of nitrogens with zero attached hydrogens (tertiary/aromatic N) is 3. The highest BCUT2D eigenvalue weighted by molar-refractivity contribution is 6.51. The maximum absolute atomic E-state index is 6.48. The smallest absolute Gasteiger partial charge is 0.155 e. The average Bonchev–Trinajstić information content (AvgIpc) is 3.21. The number of hydrogen-bond acceptors (Lipinski definition) is 3. The van der Waals surface area contributed by atoms with Gasteiger partial charge in [-0.05, 0) is 68.1 Å². The van der Waals surface area contributed by atoms with Gasteiger partial charge in [-0.25, -0.2) is 9.50 Å². The van der Waals surface area contributed by atoms with Crippen molar-refractivity contribution in [2.24, 2.45) is 0 Å². The summed E-state index contributed by atoms with van der Waals surface area (Å²) in [6.45, 7) is 0. The van der Waals surface area contributed by atoms with Crippen LogP contribution in [0.15, 0.2) is 55.0 Å². The summed E-state index contributed by atoms with van der Waals surface area (Å²) in [5.74, 6) is 0. The highest BCUT2D eigenvalue weighted by Crippen LogP contribution is 2.46. The van der Waals surface area contributed by atoms with Crippen LogP contribution in [0.5, 0.6) is 0 Å². The molecule has 5 rings (SSSR count). The van der Waals surface area contributed by atoms with Gasteiger partial charge in [0.15, 0.2) is 5.65 Å². The Bertz CT molecular complexity index is 1420. The van der Waals surface area contributed by atoms with Crippen LogP contribution in [0.25, 0.3) is 16.8 Å². The number of halogens is 2. The highest BCUT2D eigenvalue weighted by Gasteiger charge is 2.51. The molecular weight excluding hydrogens is 444 g/mol. The molecule has 0 bridgehead atoms. The summed E-state index contributed by atoms with van der Waals surface area (Å²) < 4.78 is 1.82. The second-order valence-electron chi connectivity index (χ2n) is 10.3. The molecule has 2 aromatic carbocycles. The van der Waals surface area contributed by atoms with Crippen molar-refractivity contribution >= 4 is 81.4 Å². The Morgan fingerprint density at radius 1 is 0.909 bits per heavy atom. The van der Waals surface area contributed by atoms with E-state index in [0.29, 0.717) is 10.0 Å². The number of fused-ring (bicyclic) bond motifs is 2. The Morgan fingerprint density at radius 2 is 1.67 bits per heavy atom. The quantitative estimate of drug-likeness (QED) is 0.340. The minimum absolute atomic E-state index is 0.230. The van der Waals surface area contributed by atoms with Crippen LogP contribution in [-0.2, 0) is 10.7 Å². The second kappa shape index (κ2) is 7.49. The number of pyridine rings is 1. The molecule has 0 fully saturated rings. The first-order valence-electron chi connectivity index (χ1n) is 11.1. The number of benzene rings is 2. The minimum atomic E-state index is -0.328. The van der Waals surface area contributed by atoms with E-state index in [2.05, 4.69) is 86.7 Å². The molecule has 1 aliphatic rings. The lowest BCUT2D eigenvalue weighted by Gasteiger charge is -2.58. The largest absolute Gasteiger partial charge is 0.332 e. The fraction of sp³-hybridized carbons (Fsp3) is 0.143. The van der Waals surface area contributed by atoms with E-state index in [4.69, 9.17) is 23.2 Å². The van der Waals surface area contributed by atoms with Crippen molar-refractivity contribution in [2.75, 3.05) is 0 Å². The average molecular weight is 466 g/mol. The molecular formula is C21H22B6Cl2N4. The van der Waals surface area contributed by atoms with Gasteiger partial charge in [0, 0.05) is 6.20 Å². The molecule has 0 saturated heterocycles. The van der Waals surface area contributed by atoms with Gasteiger partial charge in [-0.2, -0.15) is 5.10 Å². The zero-order valence-corrected chi connectivity index (χ0v) is 21.3. The van der Waals surface area contributed by atoms with Gasteiger partial charge in [-0.15, -0.1) is 0 Å². The van der Waals surface area contributed by atoms with E-state index in [1.54, 1.807) is 6.33 Å². The lowest BCUT2D eigenvalue weighted by molar-refractivity contribution is 0.421. The van der Waals surface area contributed by atoms with Crippen LogP contribution in [-0.4, -0.2) is 67.0 Å². The van der Waals surface area contributed by atoms with E-state index in [1.165, 1.54) is 22.2 Å². The molecule has 33 heavy (non-hydrogen) atoms. The molecule has 4 nitrogen and oxygen atoms in total. The molecule has 3 heterocycles. The molecule has 4 aromatic rings. The molecule has 1 unspecified atom stereocenters. The van der Waals surface area contributed by atoms with Crippen molar-refractivity contribution in [3.8, 4) is 11.1 Å². The van der Waals surface area contributed by atoms with Gasteiger partial charge in [0.2, 0.25) is 0 Å². The Morgan fingerprint density at radius 3 is 2.39 bits per heavy atom. The lowest BCUT2D eigenvalue weighted by atomic mass is 9.32. The van der Waals surface area contributed by atoms with Crippen molar-refractivity contribution in [2.45, 2.75) is 16.0 Å². The molecule has 0 aliphatic carbocycles. The van der Waals surface area contributed by atoms with Crippen molar-refractivity contribution in [1.29, 1.82) is 0 Å². The van der Waals surface area contributed by atoms with E-state index < -0.39 is 0 Å². The van der Waals surface area contributed by atoms with Gasteiger partial charge >= 0.3 is 0 Å². The summed E-state index contributed by atoms with van der Waals surface area (Å²) in [6, 6.07) is 14.7. The van der Waals surface area contributed by atoms with Gasteiger partial charge in [0.25, 0.3) is 0 Å². The molecule has 0 saturated carbocycles. The molecule has 2 aromatic heterocycles. The second-order valence-corrected chi connectivity index (χ2v) is 11.1. The summed E-state index contributed by atoms with van der Waals surface area (Å²) in [5, 5.41) is 8.62. The summed E-state index contributed by atoms with van der Waals surface area (Å²) in [4.78, 5) is 4.27. The SMILES string of the molecule is Bc1c(-c2ccc3ncnn3c2)ccc2c1C(B)(B)NC(B)(B)C2(B)c1ccc(Cl)c(Cl)c1. The maximum Gasteiger partial charge on any atom is 0.155 e. The number of nitrogens with one attached hydrogen (secondary N) is 1. The van der Waals surface area contributed by atoms with Crippen molar-refractivity contribution in [1.82, 2.24) is 19.9 Å². The van der Waals surface area contributed by atoms with Crippen LogP contribution in [0.2, 0.25) is 10.0 Å².